The average molecular weight is 349 g/mol. The molecule has 0 amide bonds. The van der Waals surface area contributed by atoms with Crippen molar-refractivity contribution in [2.45, 2.75) is 25.9 Å². The summed E-state index contributed by atoms with van der Waals surface area (Å²) in [6, 6.07) is 3.57. The Kier molecular flexibility index (Phi) is 3.77. The van der Waals surface area contributed by atoms with Gasteiger partial charge >= 0.3 is 6.18 Å². The summed E-state index contributed by atoms with van der Waals surface area (Å²) < 4.78 is 40.2. The molecule has 0 bridgehead atoms. The van der Waals surface area contributed by atoms with Gasteiger partial charge in [0.15, 0.2) is 5.82 Å². The minimum Gasteiger partial charge on any atom is -0.381 e. The van der Waals surface area contributed by atoms with Crippen molar-refractivity contribution in [2.24, 2.45) is 0 Å². The van der Waals surface area contributed by atoms with Crippen molar-refractivity contribution in [1.29, 1.82) is 0 Å². The molecule has 4 nitrogen and oxygen atoms in total. The van der Waals surface area contributed by atoms with E-state index in [0.29, 0.717) is 10.2 Å². The molecule has 2 rings (SSSR count). The first-order valence-corrected chi connectivity index (χ1v) is 6.58. The minimum absolute atomic E-state index is 0.0154. The first-order chi connectivity index (χ1) is 9.20. The Bertz CT molecular complexity index is 634. The third-order valence-corrected chi connectivity index (χ3v) is 3.19. The molecule has 2 aromatic rings. The molecule has 1 aromatic carbocycles. The molecule has 1 aromatic heterocycles. The fraction of sp³-hybridized carbons (Fsp3) is 0.333. The maximum atomic E-state index is 12.8. The highest BCUT2D eigenvalue weighted by atomic mass is 79.9. The topological polar surface area (TPSA) is 56.7 Å². The molecule has 0 saturated carbocycles. The predicted molar refractivity (Wildman–Crippen MR) is 72.6 cm³/mol. The van der Waals surface area contributed by atoms with Gasteiger partial charge in [-0.15, -0.1) is 5.10 Å². The van der Waals surface area contributed by atoms with Crippen molar-refractivity contribution >= 4 is 21.7 Å². The van der Waals surface area contributed by atoms with E-state index in [1.807, 2.05) is 13.8 Å². The second-order valence-corrected chi connectivity index (χ2v) is 5.54. The van der Waals surface area contributed by atoms with Gasteiger partial charge in [-0.2, -0.15) is 13.2 Å². The number of benzene rings is 1. The Morgan fingerprint density at radius 2 is 1.90 bits per heavy atom. The number of hydrogen-bond acceptors (Lipinski definition) is 3. The quantitative estimate of drug-likeness (QED) is 0.898. The summed E-state index contributed by atoms with van der Waals surface area (Å²) in [4.78, 5) is 0. The number of rotatable bonds is 2. The zero-order valence-electron chi connectivity index (χ0n) is 10.7. The van der Waals surface area contributed by atoms with Gasteiger partial charge in [0.25, 0.3) is 0 Å². The number of nitrogens with zero attached hydrogens (tertiary/aromatic N) is 3. The van der Waals surface area contributed by atoms with Crippen LogP contribution in [0.2, 0.25) is 0 Å². The highest BCUT2D eigenvalue weighted by molar-refractivity contribution is 9.10. The molecule has 8 heteroatoms. The maximum absolute atomic E-state index is 12.8. The summed E-state index contributed by atoms with van der Waals surface area (Å²) in [5.41, 5.74) is 5.80. The fourth-order valence-corrected chi connectivity index (χ4v) is 2.37. The third-order valence-electron chi connectivity index (χ3n) is 2.73. The summed E-state index contributed by atoms with van der Waals surface area (Å²) in [5, 5.41) is 7.55. The first-order valence-electron chi connectivity index (χ1n) is 5.79. The number of halogens is 4. The van der Waals surface area contributed by atoms with E-state index < -0.39 is 11.7 Å². The Morgan fingerprint density at radius 3 is 2.45 bits per heavy atom. The molecule has 2 N–H and O–H groups in total. The third kappa shape index (κ3) is 2.79. The summed E-state index contributed by atoms with van der Waals surface area (Å²) >= 11 is 3.08. The first kappa shape index (κ1) is 14.8. The lowest BCUT2D eigenvalue weighted by molar-refractivity contribution is -0.137. The van der Waals surface area contributed by atoms with Crippen LogP contribution < -0.4 is 5.73 Å². The second-order valence-electron chi connectivity index (χ2n) is 4.62. The zero-order valence-corrected chi connectivity index (χ0v) is 12.3. The second kappa shape index (κ2) is 5.08. The van der Waals surface area contributed by atoms with Gasteiger partial charge in [-0.3, -0.25) is 0 Å². The van der Waals surface area contributed by atoms with E-state index in [2.05, 4.69) is 26.2 Å². The van der Waals surface area contributed by atoms with Crippen LogP contribution in [-0.2, 0) is 6.18 Å². The van der Waals surface area contributed by atoms with Crippen LogP contribution in [0.15, 0.2) is 22.7 Å². The molecular weight excluding hydrogens is 337 g/mol. The zero-order chi connectivity index (χ0) is 15.1. The molecule has 0 atom stereocenters. The van der Waals surface area contributed by atoms with Gasteiger partial charge in [0, 0.05) is 4.47 Å². The van der Waals surface area contributed by atoms with Crippen molar-refractivity contribution in [1.82, 2.24) is 15.0 Å². The highest BCUT2D eigenvalue weighted by Gasteiger charge is 2.31. The molecule has 0 unspecified atom stereocenters. The molecule has 0 saturated heterocycles. The Hall–Kier alpha value is -1.57. The van der Waals surface area contributed by atoms with Gasteiger partial charge in [0.2, 0.25) is 0 Å². The molecule has 0 aliphatic carbocycles. The molecule has 0 fully saturated rings. The van der Waals surface area contributed by atoms with Crippen LogP contribution in [-0.4, -0.2) is 15.0 Å². The van der Waals surface area contributed by atoms with Gasteiger partial charge in [0.05, 0.1) is 16.9 Å². The number of alkyl halides is 3. The minimum atomic E-state index is -4.43. The fourth-order valence-electron chi connectivity index (χ4n) is 1.89. The largest absolute Gasteiger partial charge is 0.416 e. The van der Waals surface area contributed by atoms with E-state index >= 15 is 0 Å². The normalized spacial score (nSPS) is 12.2. The summed E-state index contributed by atoms with van der Waals surface area (Å²) in [6.45, 7) is 3.74. The number of nitrogen functional groups attached to an aromatic ring is 1. The van der Waals surface area contributed by atoms with Crippen LogP contribution in [0.4, 0.5) is 19.0 Å². The van der Waals surface area contributed by atoms with E-state index in [4.69, 9.17) is 5.73 Å². The van der Waals surface area contributed by atoms with Crippen molar-refractivity contribution in [3.8, 4) is 5.69 Å². The smallest absolute Gasteiger partial charge is 0.381 e. The van der Waals surface area contributed by atoms with Crippen LogP contribution in [0.1, 0.15) is 31.0 Å². The highest BCUT2D eigenvalue weighted by Crippen LogP contribution is 2.33. The summed E-state index contributed by atoms with van der Waals surface area (Å²) in [7, 11) is 0. The maximum Gasteiger partial charge on any atom is 0.416 e. The SMILES string of the molecule is CC(C)c1c(N)nnn1-c1cc(Br)cc(C(F)(F)F)c1. The van der Waals surface area contributed by atoms with Crippen LogP contribution in [0.3, 0.4) is 0 Å². The van der Waals surface area contributed by atoms with Crippen LogP contribution in [0.25, 0.3) is 5.69 Å². The Morgan fingerprint density at radius 1 is 1.25 bits per heavy atom. The standard InChI is InChI=1S/C12H12BrF3N4/c1-6(2)10-11(17)18-19-20(10)9-4-7(12(14,15)16)3-8(13)5-9/h3-6H,17H2,1-2H3. The van der Waals surface area contributed by atoms with Crippen molar-refractivity contribution in [3.63, 3.8) is 0 Å². The van der Waals surface area contributed by atoms with Crippen molar-refractivity contribution in [2.75, 3.05) is 5.73 Å². The summed E-state index contributed by atoms with van der Waals surface area (Å²) in [6.07, 6.45) is -4.43. The molecule has 0 aliphatic heterocycles. The number of nitrogens with two attached hydrogens (primary N) is 1. The molecule has 108 valence electrons. The lowest BCUT2D eigenvalue weighted by Gasteiger charge is -2.13. The van der Waals surface area contributed by atoms with Gasteiger partial charge in [-0.1, -0.05) is 35.0 Å². The average Bonchev–Trinajstić information content (AvgIpc) is 2.69. The molecule has 0 aliphatic rings. The number of hydrogen-bond donors (Lipinski definition) is 1. The van der Waals surface area contributed by atoms with Gasteiger partial charge in [-0.25, -0.2) is 4.68 Å². The lowest BCUT2D eigenvalue weighted by Crippen LogP contribution is -2.09. The van der Waals surface area contributed by atoms with Gasteiger partial charge in [0.1, 0.15) is 0 Å². The Labute approximate surface area is 121 Å². The van der Waals surface area contributed by atoms with Crippen molar-refractivity contribution in [3.05, 3.63) is 33.9 Å². The van der Waals surface area contributed by atoms with Gasteiger partial charge < -0.3 is 5.73 Å². The van der Waals surface area contributed by atoms with E-state index in [-0.39, 0.29) is 17.4 Å². The molecular formula is C12H12BrF3N4. The molecule has 0 radical (unpaired) electrons. The van der Waals surface area contributed by atoms with E-state index in [0.717, 1.165) is 12.1 Å². The van der Waals surface area contributed by atoms with Gasteiger partial charge in [-0.05, 0) is 24.1 Å². The number of aromatic nitrogens is 3. The van der Waals surface area contributed by atoms with E-state index in [1.54, 1.807) is 0 Å². The molecule has 1 heterocycles. The van der Waals surface area contributed by atoms with Crippen LogP contribution in [0.5, 0.6) is 0 Å². The molecule has 20 heavy (non-hydrogen) atoms. The molecule has 0 spiro atoms. The van der Waals surface area contributed by atoms with Crippen LogP contribution >= 0.6 is 15.9 Å². The van der Waals surface area contributed by atoms with E-state index in [9.17, 15) is 13.2 Å². The lowest BCUT2D eigenvalue weighted by atomic mass is 10.1. The monoisotopic (exact) mass is 348 g/mol. The predicted octanol–water partition coefficient (Wildman–Crippen LogP) is 3.75. The number of anilines is 1. The summed E-state index contributed by atoms with van der Waals surface area (Å²) in [5.74, 6) is 0.201. The Balaban J connectivity index is 2.62. The van der Waals surface area contributed by atoms with E-state index in [1.165, 1.54) is 10.7 Å². The van der Waals surface area contributed by atoms with Crippen molar-refractivity contribution < 1.29 is 13.2 Å². The van der Waals surface area contributed by atoms with Crippen LogP contribution in [0, 0.1) is 0 Å².